The Morgan fingerprint density at radius 3 is 2.60 bits per heavy atom. The molecule has 4 rings (SSSR count). The molecule has 3 saturated carbocycles. The first kappa shape index (κ1) is 17.5. The van der Waals surface area contributed by atoms with Crippen LogP contribution in [0.4, 0.5) is 0 Å². The first-order valence-corrected chi connectivity index (χ1v) is 9.96. The number of aliphatic hydroxyl groups is 2. The van der Waals surface area contributed by atoms with E-state index in [0.29, 0.717) is 11.8 Å². The van der Waals surface area contributed by atoms with Gasteiger partial charge < -0.3 is 14.9 Å². The van der Waals surface area contributed by atoms with E-state index in [-0.39, 0.29) is 34.7 Å². The fraction of sp³-hybridized carbons (Fsp3) is 0.857. The van der Waals surface area contributed by atoms with Gasteiger partial charge in [-0.3, -0.25) is 4.79 Å². The molecule has 0 spiro atoms. The van der Waals surface area contributed by atoms with Crippen molar-refractivity contribution in [2.24, 2.45) is 34.5 Å². The zero-order valence-corrected chi connectivity index (χ0v) is 15.7. The Hall–Kier alpha value is -0.870. The number of carbonyl (C=O) groups is 1. The molecule has 4 nitrogen and oxygen atoms in total. The van der Waals surface area contributed by atoms with Gasteiger partial charge in [0, 0.05) is 0 Å². The molecule has 3 fully saturated rings. The molecule has 0 aliphatic heterocycles. The average molecular weight is 348 g/mol. The lowest BCUT2D eigenvalue weighted by Crippen LogP contribution is -2.55. The molecule has 140 valence electrons. The third-order valence-electron chi connectivity index (χ3n) is 8.61. The van der Waals surface area contributed by atoms with Gasteiger partial charge in [-0.15, -0.1) is 0 Å². The molecule has 4 aliphatic rings. The number of hydrogen-bond donors (Lipinski definition) is 2. The molecular weight excluding hydrogens is 316 g/mol. The van der Waals surface area contributed by atoms with Gasteiger partial charge in [0.15, 0.2) is 0 Å². The Morgan fingerprint density at radius 1 is 1.12 bits per heavy atom. The van der Waals surface area contributed by atoms with Crippen LogP contribution >= 0.6 is 0 Å². The Morgan fingerprint density at radius 2 is 1.88 bits per heavy atom. The van der Waals surface area contributed by atoms with Crippen LogP contribution in [0.2, 0.25) is 0 Å². The fourth-order valence-corrected chi connectivity index (χ4v) is 6.99. The lowest BCUT2D eigenvalue weighted by Gasteiger charge is -2.58. The lowest BCUT2D eigenvalue weighted by molar-refractivity contribution is -0.148. The minimum atomic E-state index is -0.445. The van der Waals surface area contributed by atoms with Crippen LogP contribution in [0.15, 0.2) is 11.6 Å². The number of hydrogen-bond acceptors (Lipinski definition) is 4. The smallest absolute Gasteiger partial charge is 0.308 e. The van der Waals surface area contributed by atoms with Crippen LogP contribution in [0.5, 0.6) is 0 Å². The van der Waals surface area contributed by atoms with E-state index in [1.165, 1.54) is 12.7 Å². The van der Waals surface area contributed by atoms with Gasteiger partial charge in [0.05, 0.1) is 25.2 Å². The van der Waals surface area contributed by atoms with Crippen molar-refractivity contribution in [3.8, 4) is 0 Å². The van der Waals surface area contributed by atoms with Gasteiger partial charge >= 0.3 is 5.97 Å². The molecule has 1 unspecified atom stereocenters. The van der Waals surface area contributed by atoms with Gasteiger partial charge in [-0.25, -0.2) is 0 Å². The summed E-state index contributed by atoms with van der Waals surface area (Å²) in [5.41, 5.74) is 1.32. The van der Waals surface area contributed by atoms with Crippen LogP contribution in [-0.2, 0) is 9.53 Å². The largest absolute Gasteiger partial charge is 0.469 e. The van der Waals surface area contributed by atoms with Crippen molar-refractivity contribution in [3.63, 3.8) is 0 Å². The zero-order chi connectivity index (χ0) is 18.0. The molecule has 0 aromatic carbocycles. The molecule has 4 heteroatoms. The van der Waals surface area contributed by atoms with Gasteiger partial charge in [0.2, 0.25) is 0 Å². The lowest BCUT2D eigenvalue weighted by atomic mass is 9.47. The Kier molecular flexibility index (Phi) is 4.08. The summed E-state index contributed by atoms with van der Waals surface area (Å²) >= 11 is 0. The van der Waals surface area contributed by atoms with E-state index in [1.807, 2.05) is 0 Å². The van der Waals surface area contributed by atoms with Crippen molar-refractivity contribution in [3.05, 3.63) is 11.6 Å². The molecule has 0 aromatic rings. The number of methoxy groups -OCH3 is 1. The monoisotopic (exact) mass is 348 g/mol. The zero-order valence-electron chi connectivity index (χ0n) is 15.7. The van der Waals surface area contributed by atoms with Crippen molar-refractivity contribution in [1.82, 2.24) is 0 Å². The summed E-state index contributed by atoms with van der Waals surface area (Å²) in [5, 5.41) is 21.5. The summed E-state index contributed by atoms with van der Waals surface area (Å²) < 4.78 is 4.96. The normalized spacial score (nSPS) is 51.8. The highest BCUT2D eigenvalue weighted by atomic mass is 16.5. The summed E-state index contributed by atoms with van der Waals surface area (Å²) in [6.07, 6.45) is 8.02. The highest BCUT2D eigenvalue weighted by Crippen LogP contribution is 2.65. The summed E-state index contributed by atoms with van der Waals surface area (Å²) in [4.78, 5) is 12.0. The third kappa shape index (κ3) is 2.36. The minimum absolute atomic E-state index is 0.0347. The van der Waals surface area contributed by atoms with Crippen LogP contribution in [0.3, 0.4) is 0 Å². The van der Waals surface area contributed by atoms with Gasteiger partial charge in [-0.05, 0) is 73.5 Å². The van der Waals surface area contributed by atoms with Crippen LogP contribution in [-0.4, -0.2) is 35.5 Å². The second kappa shape index (κ2) is 5.82. The standard InChI is InChI=1S/C21H32O4/c1-20-8-6-12(19(24)25-3)10-13(20)11-16(22)18-14-4-5-17(23)21(14,2)9-7-15(18)20/h11-12,14-18,22-23H,4-10H2,1-3H3/t12-,14-,15-,16?,17-,18-,20-,21-/m0/s1. The first-order valence-electron chi connectivity index (χ1n) is 9.96. The van der Waals surface area contributed by atoms with E-state index in [9.17, 15) is 15.0 Å². The van der Waals surface area contributed by atoms with Gasteiger partial charge in [0.25, 0.3) is 0 Å². The number of fused-ring (bicyclic) bond motifs is 5. The number of aliphatic hydroxyl groups excluding tert-OH is 2. The summed E-state index contributed by atoms with van der Waals surface area (Å²) in [5.74, 6) is 0.943. The molecule has 0 aromatic heterocycles. The number of carbonyl (C=O) groups excluding carboxylic acids is 1. The van der Waals surface area contributed by atoms with Crippen molar-refractivity contribution in [2.75, 3.05) is 7.11 Å². The van der Waals surface area contributed by atoms with E-state index >= 15 is 0 Å². The van der Waals surface area contributed by atoms with Crippen LogP contribution < -0.4 is 0 Å². The molecular formula is C21H32O4. The van der Waals surface area contributed by atoms with Crippen molar-refractivity contribution >= 4 is 5.97 Å². The van der Waals surface area contributed by atoms with E-state index in [1.54, 1.807) is 0 Å². The van der Waals surface area contributed by atoms with Crippen molar-refractivity contribution < 1.29 is 19.7 Å². The number of rotatable bonds is 1. The Labute approximate surface area is 150 Å². The molecule has 8 atom stereocenters. The van der Waals surface area contributed by atoms with Crippen molar-refractivity contribution in [1.29, 1.82) is 0 Å². The molecule has 0 amide bonds. The second-order valence-electron chi connectivity index (χ2n) is 9.49. The van der Waals surface area contributed by atoms with Gasteiger partial charge in [0.1, 0.15) is 0 Å². The van der Waals surface area contributed by atoms with Crippen molar-refractivity contribution in [2.45, 2.75) is 71.0 Å². The minimum Gasteiger partial charge on any atom is -0.469 e. The maximum atomic E-state index is 12.0. The Balaban J connectivity index is 1.66. The Bertz CT molecular complexity index is 599. The number of esters is 1. The first-order chi connectivity index (χ1) is 11.8. The summed E-state index contributed by atoms with van der Waals surface area (Å²) in [7, 11) is 1.46. The van der Waals surface area contributed by atoms with Gasteiger partial charge in [-0.2, -0.15) is 0 Å². The molecule has 4 aliphatic carbocycles. The van der Waals surface area contributed by atoms with Crippen LogP contribution in [0, 0.1) is 34.5 Å². The van der Waals surface area contributed by atoms with E-state index in [0.717, 1.165) is 44.9 Å². The molecule has 2 N–H and O–H groups in total. The highest BCUT2D eigenvalue weighted by molar-refractivity contribution is 5.73. The molecule has 0 radical (unpaired) electrons. The van der Waals surface area contributed by atoms with E-state index < -0.39 is 6.10 Å². The predicted molar refractivity (Wildman–Crippen MR) is 94.6 cm³/mol. The fourth-order valence-electron chi connectivity index (χ4n) is 6.99. The molecule has 25 heavy (non-hydrogen) atoms. The van der Waals surface area contributed by atoms with E-state index in [2.05, 4.69) is 19.9 Å². The predicted octanol–water partition coefficient (Wildman–Crippen LogP) is 3.07. The quantitative estimate of drug-likeness (QED) is 0.564. The summed E-state index contributed by atoms with van der Waals surface area (Å²) in [6.45, 7) is 4.58. The SMILES string of the molecule is COC(=O)[C@H]1CC[C@@]2(C)C(=CC(O)[C@H]3[C@@H]4CC[C@H](O)[C@@]4(C)CC[C@@H]32)C1. The third-order valence-corrected chi connectivity index (χ3v) is 8.61. The number of ether oxygens (including phenoxy) is 1. The number of allylic oxidation sites excluding steroid dienone is 1. The molecule has 0 heterocycles. The highest BCUT2D eigenvalue weighted by Gasteiger charge is 2.60. The average Bonchev–Trinajstić information content (AvgIpc) is 2.90. The van der Waals surface area contributed by atoms with Crippen LogP contribution in [0.1, 0.15) is 58.8 Å². The maximum absolute atomic E-state index is 12.0. The molecule has 0 saturated heterocycles. The van der Waals surface area contributed by atoms with Crippen LogP contribution in [0.25, 0.3) is 0 Å². The van der Waals surface area contributed by atoms with E-state index in [4.69, 9.17) is 4.74 Å². The summed E-state index contributed by atoms with van der Waals surface area (Å²) in [6, 6.07) is 0. The van der Waals surface area contributed by atoms with Gasteiger partial charge in [-0.1, -0.05) is 25.5 Å². The second-order valence-corrected chi connectivity index (χ2v) is 9.49. The maximum Gasteiger partial charge on any atom is 0.308 e. The molecule has 0 bridgehead atoms. The topological polar surface area (TPSA) is 66.8 Å².